The molecule has 1 fully saturated rings. The van der Waals surface area contributed by atoms with Crippen molar-refractivity contribution in [2.24, 2.45) is 0 Å². The number of fused-ring (bicyclic) bond motifs is 1. The van der Waals surface area contributed by atoms with E-state index in [4.69, 9.17) is 17.0 Å². The summed E-state index contributed by atoms with van der Waals surface area (Å²) in [5.74, 6) is -0.142. The largest absolute Gasteiger partial charge is 0.370 e. The Morgan fingerprint density at radius 1 is 1.16 bits per heavy atom. The molecule has 2 aromatic carbocycles. The minimum Gasteiger partial charge on any atom is -0.370 e. The highest BCUT2D eigenvalue weighted by molar-refractivity contribution is 7.71. The molecule has 7 nitrogen and oxygen atoms in total. The van der Waals surface area contributed by atoms with E-state index in [0.717, 1.165) is 51.3 Å². The Hall–Kier alpha value is -2.81. The first-order valence-corrected chi connectivity index (χ1v) is 11.5. The number of nitrogens with one attached hydrogen (secondary N) is 3. The topological polar surface area (TPSA) is 80.6 Å². The van der Waals surface area contributed by atoms with E-state index in [0.29, 0.717) is 34.3 Å². The number of carbonyl (C=O) groups excluding carboxylic acids is 1. The summed E-state index contributed by atoms with van der Waals surface area (Å²) in [6.07, 6.45) is 1.64. The first-order valence-electron chi connectivity index (χ1n) is 11.1. The van der Waals surface area contributed by atoms with Crippen LogP contribution in [-0.4, -0.2) is 54.9 Å². The fourth-order valence-electron chi connectivity index (χ4n) is 4.04. The lowest BCUT2D eigenvalue weighted by atomic mass is 10.1. The highest BCUT2D eigenvalue weighted by Gasteiger charge is 2.14. The number of aromatic nitrogens is 2. The second-order valence-electron chi connectivity index (χ2n) is 8.10. The number of nitrogens with zero attached hydrogens (tertiary/aromatic N) is 1. The molecule has 2 heterocycles. The van der Waals surface area contributed by atoms with Gasteiger partial charge in [0, 0.05) is 25.1 Å². The number of carbonyl (C=O) groups is 1. The Labute approximate surface area is 192 Å². The van der Waals surface area contributed by atoms with E-state index < -0.39 is 0 Å². The van der Waals surface area contributed by atoms with Crippen molar-refractivity contribution in [3.63, 3.8) is 0 Å². The van der Waals surface area contributed by atoms with Gasteiger partial charge < -0.3 is 19.9 Å². The van der Waals surface area contributed by atoms with Gasteiger partial charge in [-0.05, 0) is 42.4 Å². The van der Waals surface area contributed by atoms with Crippen LogP contribution in [0, 0.1) is 4.77 Å². The lowest BCUT2D eigenvalue weighted by Crippen LogP contribution is -3.14. The van der Waals surface area contributed by atoms with Gasteiger partial charge in [-0.25, -0.2) is 0 Å². The summed E-state index contributed by atoms with van der Waals surface area (Å²) in [6.45, 7) is 5.83. The van der Waals surface area contributed by atoms with Crippen LogP contribution in [0.25, 0.3) is 10.9 Å². The zero-order chi connectivity index (χ0) is 22.3. The van der Waals surface area contributed by atoms with Crippen molar-refractivity contribution in [2.75, 3.05) is 39.4 Å². The number of quaternary nitrogens is 1. The summed E-state index contributed by atoms with van der Waals surface area (Å²) < 4.78 is 7.32. The Morgan fingerprint density at radius 2 is 1.94 bits per heavy atom. The Morgan fingerprint density at radius 3 is 2.72 bits per heavy atom. The first-order chi connectivity index (χ1) is 15.6. The lowest BCUT2D eigenvalue weighted by molar-refractivity contribution is -0.908. The molecule has 1 aliphatic heterocycles. The lowest BCUT2D eigenvalue weighted by Gasteiger charge is -2.23. The number of hydrogen-bond acceptors (Lipinski definition) is 4. The number of morpholine rings is 1. The van der Waals surface area contributed by atoms with Gasteiger partial charge in [0.25, 0.3) is 11.5 Å². The van der Waals surface area contributed by atoms with Gasteiger partial charge in [-0.15, -0.1) is 0 Å². The minimum atomic E-state index is -0.142. The molecule has 0 saturated carbocycles. The number of rotatable bonds is 8. The maximum atomic E-state index is 13.0. The smallest absolute Gasteiger partial charge is 0.262 e. The van der Waals surface area contributed by atoms with E-state index >= 15 is 0 Å². The second-order valence-corrected chi connectivity index (χ2v) is 8.49. The highest BCUT2D eigenvalue weighted by atomic mass is 32.1. The molecule has 0 bridgehead atoms. The summed E-state index contributed by atoms with van der Waals surface area (Å²) in [4.78, 5) is 30.2. The third-order valence-electron chi connectivity index (χ3n) is 5.90. The molecule has 0 aliphatic carbocycles. The van der Waals surface area contributed by atoms with Crippen molar-refractivity contribution in [1.82, 2.24) is 14.9 Å². The van der Waals surface area contributed by atoms with Crippen molar-refractivity contribution in [1.29, 1.82) is 0 Å². The fourth-order valence-corrected chi connectivity index (χ4v) is 4.32. The maximum absolute atomic E-state index is 13.0. The summed E-state index contributed by atoms with van der Waals surface area (Å²) >= 11 is 5.43. The molecule has 168 valence electrons. The summed E-state index contributed by atoms with van der Waals surface area (Å²) in [5, 5.41) is 3.50. The van der Waals surface area contributed by atoms with E-state index in [1.165, 1.54) is 4.90 Å². The Kier molecular flexibility index (Phi) is 7.47. The number of ether oxygens (including phenoxy) is 1. The maximum Gasteiger partial charge on any atom is 0.262 e. The van der Waals surface area contributed by atoms with Crippen LogP contribution in [0.5, 0.6) is 0 Å². The van der Waals surface area contributed by atoms with Gasteiger partial charge in [0.1, 0.15) is 13.1 Å². The van der Waals surface area contributed by atoms with Gasteiger partial charge in [-0.3, -0.25) is 14.2 Å². The highest BCUT2D eigenvalue weighted by Crippen LogP contribution is 2.11. The number of H-pyrrole nitrogens is 1. The third kappa shape index (κ3) is 5.51. The number of hydrogen-bond donors (Lipinski definition) is 3. The molecule has 0 atom stereocenters. The molecular weight excluding hydrogens is 424 g/mol. The van der Waals surface area contributed by atoms with Crippen LogP contribution in [-0.2, 0) is 17.7 Å². The fraction of sp³-hybridized carbons (Fsp3) is 0.375. The molecule has 0 spiro atoms. The summed E-state index contributed by atoms with van der Waals surface area (Å²) in [7, 11) is 0. The molecular formula is C24H29N4O3S+. The summed E-state index contributed by atoms with van der Waals surface area (Å²) in [5.41, 5.74) is 2.11. The number of aryl methyl sites for hydroxylation is 1. The molecule has 1 aromatic heterocycles. The number of benzene rings is 2. The standard InChI is InChI=1S/C24H28N4O3S/c29-22(25-10-4-11-27-13-15-31-16-14-27)19-7-8-20-21(17-19)26-24(32)28(23(20)30)12-9-18-5-2-1-3-6-18/h1-3,5-8,17H,4,9-16H2,(H,25,29)(H,26,32)/p+1. The predicted molar refractivity (Wildman–Crippen MR) is 127 cm³/mol. The molecule has 1 aliphatic rings. The quantitative estimate of drug-likeness (QED) is 0.355. The Balaban J connectivity index is 1.40. The average Bonchev–Trinajstić information content (AvgIpc) is 2.82. The average molecular weight is 454 g/mol. The molecule has 4 rings (SSSR count). The van der Waals surface area contributed by atoms with Gasteiger partial charge in [0.05, 0.1) is 30.7 Å². The number of amides is 1. The second kappa shape index (κ2) is 10.7. The van der Waals surface area contributed by atoms with Crippen molar-refractivity contribution in [3.05, 3.63) is 74.8 Å². The molecule has 1 saturated heterocycles. The van der Waals surface area contributed by atoms with E-state index in [1.54, 1.807) is 22.8 Å². The van der Waals surface area contributed by atoms with Crippen LogP contribution in [0.2, 0.25) is 0 Å². The van der Waals surface area contributed by atoms with Gasteiger partial charge in [-0.2, -0.15) is 0 Å². The minimum absolute atomic E-state index is 0.139. The van der Waals surface area contributed by atoms with E-state index in [9.17, 15) is 9.59 Å². The molecule has 3 N–H and O–H groups in total. The van der Waals surface area contributed by atoms with Gasteiger partial charge in [-0.1, -0.05) is 30.3 Å². The Bertz CT molecular complexity index is 1180. The molecule has 0 radical (unpaired) electrons. The molecule has 3 aromatic rings. The van der Waals surface area contributed by atoms with Crippen LogP contribution in [0.3, 0.4) is 0 Å². The normalized spacial score (nSPS) is 14.5. The van der Waals surface area contributed by atoms with Crippen molar-refractivity contribution < 1.29 is 14.4 Å². The van der Waals surface area contributed by atoms with Gasteiger partial charge in [0.2, 0.25) is 0 Å². The predicted octanol–water partition coefficient (Wildman–Crippen LogP) is 1.34. The van der Waals surface area contributed by atoms with Crippen LogP contribution in [0.1, 0.15) is 22.3 Å². The monoisotopic (exact) mass is 453 g/mol. The van der Waals surface area contributed by atoms with Crippen molar-refractivity contribution >= 4 is 29.0 Å². The van der Waals surface area contributed by atoms with Gasteiger partial charge in [0.15, 0.2) is 4.77 Å². The van der Waals surface area contributed by atoms with E-state index in [-0.39, 0.29) is 11.5 Å². The van der Waals surface area contributed by atoms with E-state index in [2.05, 4.69) is 10.3 Å². The van der Waals surface area contributed by atoms with Crippen LogP contribution >= 0.6 is 12.2 Å². The van der Waals surface area contributed by atoms with E-state index in [1.807, 2.05) is 30.3 Å². The molecule has 0 unspecified atom stereocenters. The third-order valence-corrected chi connectivity index (χ3v) is 6.23. The molecule has 32 heavy (non-hydrogen) atoms. The van der Waals surface area contributed by atoms with Crippen LogP contribution in [0.4, 0.5) is 0 Å². The molecule has 1 amide bonds. The molecule has 8 heteroatoms. The van der Waals surface area contributed by atoms with Crippen molar-refractivity contribution in [3.8, 4) is 0 Å². The zero-order valence-electron chi connectivity index (χ0n) is 18.1. The van der Waals surface area contributed by atoms with Crippen LogP contribution < -0.4 is 15.8 Å². The number of aromatic amines is 1. The van der Waals surface area contributed by atoms with Crippen LogP contribution in [0.15, 0.2) is 53.3 Å². The van der Waals surface area contributed by atoms with Crippen molar-refractivity contribution in [2.45, 2.75) is 19.4 Å². The first kappa shape index (κ1) is 22.4. The van der Waals surface area contributed by atoms with Gasteiger partial charge >= 0.3 is 0 Å². The zero-order valence-corrected chi connectivity index (χ0v) is 18.9. The summed E-state index contributed by atoms with van der Waals surface area (Å²) in [6, 6.07) is 15.1. The SMILES string of the molecule is O=C(NCCC[NH+]1CCOCC1)c1ccc2c(=O)n(CCc3ccccc3)c(=S)[nH]c2c1.